The third-order valence-corrected chi connectivity index (χ3v) is 5.82. The summed E-state index contributed by atoms with van der Waals surface area (Å²) in [7, 11) is 0. The van der Waals surface area contributed by atoms with Crippen LogP contribution in [-0.2, 0) is 11.2 Å². The van der Waals surface area contributed by atoms with Crippen LogP contribution in [0.1, 0.15) is 24.0 Å². The molecule has 27 heavy (non-hydrogen) atoms. The van der Waals surface area contributed by atoms with Crippen molar-refractivity contribution in [3.63, 3.8) is 0 Å². The van der Waals surface area contributed by atoms with Gasteiger partial charge in [-0.25, -0.2) is 4.98 Å². The lowest BCUT2D eigenvalue weighted by Crippen LogP contribution is -2.31. The Hall–Kier alpha value is -2.70. The van der Waals surface area contributed by atoms with Crippen LogP contribution in [0.4, 0.5) is 10.8 Å². The van der Waals surface area contributed by atoms with Gasteiger partial charge in [0.25, 0.3) is 0 Å². The van der Waals surface area contributed by atoms with Crippen LogP contribution in [-0.4, -0.2) is 23.5 Å². The number of anilines is 2. The van der Waals surface area contributed by atoms with E-state index in [1.54, 1.807) is 11.3 Å². The number of amides is 1. The molecule has 1 aliphatic heterocycles. The number of thiazole rings is 1. The van der Waals surface area contributed by atoms with E-state index in [2.05, 4.69) is 33.8 Å². The summed E-state index contributed by atoms with van der Waals surface area (Å²) in [4.78, 5) is 17.4. The van der Waals surface area contributed by atoms with Crippen molar-refractivity contribution in [1.82, 2.24) is 4.98 Å². The molecule has 0 saturated carbocycles. The summed E-state index contributed by atoms with van der Waals surface area (Å²) in [6, 6.07) is 16.4. The smallest absolute Gasteiger partial charge is 0.231 e. The van der Waals surface area contributed by atoms with Crippen LogP contribution in [0.15, 0.2) is 54.7 Å². The number of benzene rings is 2. The summed E-state index contributed by atoms with van der Waals surface area (Å²) in [5, 5.41) is 7.10. The number of rotatable bonds is 6. The zero-order valence-corrected chi connectivity index (χ0v) is 15.9. The first-order valence-electron chi connectivity index (χ1n) is 9.04. The van der Waals surface area contributed by atoms with E-state index >= 15 is 0 Å². The predicted molar refractivity (Wildman–Crippen MR) is 111 cm³/mol. The maximum absolute atomic E-state index is 11.8. The molecule has 5 nitrogen and oxygen atoms in total. The van der Waals surface area contributed by atoms with Gasteiger partial charge in [-0.05, 0) is 42.2 Å². The number of hydrogen-bond acceptors (Lipinski definition) is 5. The quantitative estimate of drug-likeness (QED) is 0.609. The van der Waals surface area contributed by atoms with E-state index in [1.165, 1.54) is 5.56 Å². The third kappa shape index (κ3) is 3.86. The molecular formula is C21H22N4OS. The van der Waals surface area contributed by atoms with E-state index in [4.69, 9.17) is 5.73 Å². The molecule has 138 valence electrons. The first-order valence-corrected chi connectivity index (χ1v) is 9.86. The highest BCUT2D eigenvalue weighted by atomic mass is 32.1. The van der Waals surface area contributed by atoms with Crippen LogP contribution < -0.4 is 16.4 Å². The van der Waals surface area contributed by atoms with Gasteiger partial charge in [0.05, 0.1) is 10.8 Å². The molecule has 0 radical (unpaired) electrons. The van der Waals surface area contributed by atoms with Crippen molar-refractivity contribution in [3.05, 3.63) is 65.9 Å². The molecule has 1 unspecified atom stereocenters. The molecule has 0 spiro atoms. The Morgan fingerprint density at radius 1 is 1.26 bits per heavy atom. The van der Waals surface area contributed by atoms with Crippen LogP contribution in [0.2, 0.25) is 0 Å². The maximum atomic E-state index is 11.8. The number of carbonyl (C=O) groups excluding carboxylic acids is 1. The summed E-state index contributed by atoms with van der Waals surface area (Å²) in [5.41, 5.74) is 10.5. The highest BCUT2D eigenvalue weighted by Crippen LogP contribution is 2.37. The first kappa shape index (κ1) is 17.7. The molecule has 1 aliphatic rings. The molecule has 0 fully saturated rings. The van der Waals surface area contributed by atoms with Gasteiger partial charge in [0, 0.05) is 24.5 Å². The number of nitrogens with one attached hydrogen (secondary N) is 2. The number of carbonyl (C=O) groups is 1. The zero-order valence-electron chi connectivity index (χ0n) is 15.1. The van der Waals surface area contributed by atoms with Gasteiger partial charge in [-0.3, -0.25) is 4.79 Å². The molecule has 0 saturated heterocycles. The molecule has 3 aromatic rings. The van der Waals surface area contributed by atoms with E-state index in [0.29, 0.717) is 6.54 Å². The van der Waals surface area contributed by atoms with E-state index in [1.807, 2.05) is 43.5 Å². The molecule has 4 rings (SSSR count). The Morgan fingerprint density at radius 2 is 2.07 bits per heavy atom. The molecule has 0 aliphatic carbocycles. The number of nitrogens with zero attached hydrogens (tertiary/aromatic N) is 1. The highest BCUT2D eigenvalue weighted by Gasteiger charge is 2.26. The molecule has 1 aromatic heterocycles. The normalized spacial score (nSPS) is 16.7. The molecule has 1 amide bonds. The molecule has 2 atom stereocenters. The average molecular weight is 379 g/mol. The minimum atomic E-state index is -0.110. The molecular weight excluding hydrogens is 356 g/mol. The van der Waals surface area contributed by atoms with Gasteiger partial charge in [0.1, 0.15) is 0 Å². The first-order chi connectivity index (χ1) is 13.1. The molecule has 2 heterocycles. The standard InChI is InChI=1S/C21H22N4OS/c1-13-17-10-15(7-8-18(17)25-20(13)26)19-12-24-21(27-19)23-11-16(22)9-14-5-3-2-4-6-14/h2-8,10,12-13,16H,9,11,22H2,1H3,(H,23,24)(H,25,26)/t13?,16-/m0/s1. The minimum Gasteiger partial charge on any atom is -0.360 e. The fourth-order valence-corrected chi connectivity index (χ4v) is 4.09. The summed E-state index contributed by atoms with van der Waals surface area (Å²) < 4.78 is 0. The molecule has 0 bridgehead atoms. The van der Waals surface area contributed by atoms with E-state index in [-0.39, 0.29) is 17.9 Å². The van der Waals surface area contributed by atoms with Gasteiger partial charge in [-0.15, -0.1) is 0 Å². The van der Waals surface area contributed by atoms with E-state index in [9.17, 15) is 4.79 Å². The number of nitrogens with two attached hydrogens (primary N) is 1. The maximum Gasteiger partial charge on any atom is 0.231 e. The van der Waals surface area contributed by atoms with Crippen molar-refractivity contribution >= 4 is 28.1 Å². The summed E-state index contributed by atoms with van der Waals surface area (Å²) >= 11 is 1.60. The van der Waals surface area contributed by atoms with Gasteiger partial charge in [0.2, 0.25) is 5.91 Å². The molecule has 2 aromatic carbocycles. The fraction of sp³-hybridized carbons (Fsp3) is 0.238. The summed E-state index contributed by atoms with van der Waals surface area (Å²) in [6.45, 7) is 2.60. The van der Waals surface area contributed by atoms with Gasteiger partial charge >= 0.3 is 0 Å². The van der Waals surface area contributed by atoms with Gasteiger partial charge < -0.3 is 16.4 Å². The number of fused-ring (bicyclic) bond motifs is 1. The number of hydrogen-bond donors (Lipinski definition) is 3. The number of aromatic nitrogens is 1. The molecule has 6 heteroatoms. The second-order valence-corrected chi connectivity index (χ2v) is 7.90. The van der Waals surface area contributed by atoms with Crippen molar-refractivity contribution in [3.8, 4) is 10.4 Å². The van der Waals surface area contributed by atoms with E-state index in [0.717, 1.165) is 33.2 Å². The predicted octanol–water partition coefficient (Wildman–Crippen LogP) is 3.85. The third-order valence-electron chi connectivity index (χ3n) is 4.82. The average Bonchev–Trinajstić information content (AvgIpc) is 3.26. The van der Waals surface area contributed by atoms with E-state index < -0.39 is 0 Å². The van der Waals surface area contributed by atoms with Crippen LogP contribution in [0, 0.1) is 0 Å². The van der Waals surface area contributed by atoms with Crippen LogP contribution >= 0.6 is 11.3 Å². The van der Waals surface area contributed by atoms with Crippen molar-refractivity contribution in [2.24, 2.45) is 5.73 Å². The topological polar surface area (TPSA) is 80.0 Å². The summed E-state index contributed by atoms with van der Waals surface area (Å²) in [6.07, 6.45) is 2.70. The highest BCUT2D eigenvalue weighted by molar-refractivity contribution is 7.18. The van der Waals surface area contributed by atoms with Gasteiger partial charge in [0.15, 0.2) is 5.13 Å². The Kier molecular flexibility index (Phi) is 4.92. The monoisotopic (exact) mass is 378 g/mol. The lowest BCUT2D eigenvalue weighted by Gasteiger charge is -2.12. The summed E-state index contributed by atoms with van der Waals surface area (Å²) in [5.74, 6) is -0.0531. The Balaban J connectivity index is 1.40. The second-order valence-electron chi connectivity index (χ2n) is 6.87. The Morgan fingerprint density at radius 3 is 2.89 bits per heavy atom. The Bertz CT molecular complexity index is 954. The van der Waals surface area contributed by atoms with Gasteiger partial charge in [-0.2, -0.15) is 0 Å². The fourth-order valence-electron chi connectivity index (χ4n) is 3.27. The van der Waals surface area contributed by atoms with Crippen molar-refractivity contribution in [2.75, 3.05) is 17.2 Å². The molecule has 4 N–H and O–H groups in total. The van der Waals surface area contributed by atoms with Gasteiger partial charge in [-0.1, -0.05) is 47.7 Å². The zero-order chi connectivity index (χ0) is 18.8. The lowest BCUT2D eigenvalue weighted by molar-refractivity contribution is -0.116. The van der Waals surface area contributed by atoms with Crippen LogP contribution in [0.3, 0.4) is 0 Å². The largest absolute Gasteiger partial charge is 0.360 e. The van der Waals surface area contributed by atoms with Crippen LogP contribution in [0.5, 0.6) is 0 Å². The Labute approximate surface area is 162 Å². The van der Waals surface area contributed by atoms with Crippen molar-refractivity contribution in [1.29, 1.82) is 0 Å². The SMILES string of the molecule is CC1C(=O)Nc2ccc(-c3cnc(NC[C@@H](N)Cc4ccccc4)s3)cc21. The van der Waals surface area contributed by atoms with Crippen molar-refractivity contribution < 1.29 is 4.79 Å². The second kappa shape index (κ2) is 7.50. The van der Waals surface area contributed by atoms with Crippen molar-refractivity contribution in [2.45, 2.75) is 25.3 Å². The minimum absolute atomic E-state index is 0.0256. The lowest BCUT2D eigenvalue weighted by atomic mass is 10.0. The van der Waals surface area contributed by atoms with Crippen LogP contribution in [0.25, 0.3) is 10.4 Å².